The number of fused-ring (bicyclic) bond motifs is 2. The second-order valence-electron chi connectivity index (χ2n) is 8.36. The van der Waals surface area contributed by atoms with E-state index in [9.17, 15) is 4.79 Å². The van der Waals surface area contributed by atoms with E-state index in [-0.39, 0.29) is 5.91 Å². The highest BCUT2D eigenvalue weighted by Gasteiger charge is 2.14. The van der Waals surface area contributed by atoms with E-state index in [0.717, 1.165) is 44.3 Å². The third kappa shape index (κ3) is 4.62. The van der Waals surface area contributed by atoms with Crippen molar-refractivity contribution in [3.05, 3.63) is 67.3 Å². The van der Waals surface area contributed by atoms with Gasteiger partial charge >= 0.3 is 0 Å². The zero-order valence-electron chi connectivity index (χ0n) is 19.7. The van der Waals surface area contributed by atoms with Gasteiger partial charge in [0.2, 0.25) is 11.8 Å². The van der Waals surface area contributed by atoms with Gasteiger partial charge in [0.25, 0.3) is 0 Å². The van der Waals surface area contributed by atoms with Gasteiger partial charge in [0.1, 0.15) is 17.1 Å². The van der Waals surface area contributed by atoms with Gasteiger partial charge in [0.15, 0.2) is 0 Å². The summed E-state index contributed by atoms with van der Waals surface area (Å²) in [6.07, 6.45) is 10.7. The molecular weight excluding hydrogens is 442 g/mol. The minimum Gasteiger partial charge on any atom is -0.481 e. The number of carbonyl (C=O) groups excluding carboxylic acids is 1. The van der Waals surface area contributed by atoms with Crippen LogP contribution in [-0.2, 0) is 4.79 Å². The molecule has 0 fully saturated rings. The zero-order chi connectivity index (χ0) is 24.4. The number of carbonyl (C=O) groups is 1. The Hall–Kier alpha value is -4.50. The third-order valence-corrected chi connectivity index (χ3v) is 5.62. The lowest BCUT2D eigenvalue weighted by Crippen LogP contribution is -2.13. The molecule has 5 rings (SSSR count). The predicted molar refractivity (Wildman–Crippen MR) is 137 cm³/mol. The summed E-state index contributed by atoms with van der Waals surface area (Å²) >= 11 is 0. The molecule has 5 heterocycles. The van der Waals surface area contributed by atoms with Crippen molar-refractivity contribution >= 4 is 33.8 Å². The van der Waals surface area contributed by atoms with Crippen molar-refractivity contribution in [2.24, 2.45) is 0 Å². The van der Waals surface area contributed by atoms with Crippen LogP contribution in [0.15, 0.2) is 67.3 Å². The van der Waals surface area contributed by atoms with Gasteiger partial charge in [-0.05, 0) is 49.5 Å². The van der Waals surface area contributed by atoms with Crippen LogP contribution < -0.4 is 10.1 Å². The molecule has 0 unspecified atom stereocenters. The topological polar surface area (TPSA) is 112 Å². The fraction of sp³-hybridized carbons (Fsp3) is 0.154. The zero-order valence-corrected chi connectivity index (χ0v) is 19.7. The molecule has 9 nitrogen and oxygen atoms in total. The van der Waals surface area contributed by atoms with Crippen molar-refractivity contribution in [2.45, 2.75) is 0 Å². The Morgan fingerprint density at radius 1 is 1.06 bits per heavy atom. The number of anilines is 1. The van der Waals surface area contributed by atoms with E-state index in [0.29, 0.717) is 18.2 Å². The van der Waals surface area contributed by atoms with E-state index in [2.05, 4.69) is 36.3 Å². The minimum absolute atomic E-state index is 0.256. The van der Waals surface area contributed by atoms with E-state index >= 15 is 0 Å². The van der Waals surface area contributed by atoms with Gasteiger partial charge < -0.3 is 24.9 Å². The molecule has 0 aliphatic heterocycles. The Balaban J connectivity index is 1.52. The summed E-state index contributed by atoms with van der Waals surface area (Å²) in [5, 5.41) is 4.83. The molecule has 0 aromatic carbocycles. The van der Waals surface area contributed by atoms with Crippen LogP contribution in [0.4, 0.5) is 5.82 Å². The van der Waals surface area contributed by atoms with Gasteiger partial charge in [-0.25, -0.2) is 9.97 Å². The minimum atomic E-state index is -0.256. The first-order valence-electron chi connectivity index (χ1n) is 11.1. The normalized spacial score (nSPS) is 11.7. The Bertz CT molecular complexity index is 1550. The largest absolute Gasteiger partial charge is 0.481 e. The average Bonchev–Trinajstić information content (AvgIpc) is 3.50. The van der Waals surface area contributed by atoms with Crippen LogP contribution in [0.5, 0.6) is 5.88 Å². The van der Waals surface area contributed by atoms with E-state index in [1.54, 1.807) is 25.6 Å². The number of aromatic amines is 2. The SMILES string of the molecule is COc1cc(-c2cnc3[nH]cc(-c4ccnc5[nH]ccc45)c3c2)cc(NC(=O)C=CCN(C)C)n1. The van der Waals surface area contributed by atoms with Crippen LogP contribution in [-0.4, -0.2) is 63.5 Å². The number of nitrogens with zero attached hydrogens (tertiary/aromatic N) is 4. The third-order valence-electron chi connectivity index (χ3n) is 5.62. The van der Waals surface area contributed by atoms with Crippen molar-refractivity contribution in [3.8, 4) is 28.1 Å². The number of likely N-dealkylation sites (N-methyl/N-ethyl adjacent to an activating group) is 1. The predicted octanol–water partition coefficient (Wildman–Crippen LogP) is 4.23. The molecule has 0 aliphatic carbocycles. The van der Waals surface area contributed by atoms with Crippen molar-refractivity contribution in [2.75, 3.05) is 33.1 Å². The number of aromatic nitrogens is 5. The molecule has 0 atom stereocenters. The molecule has 1 amide bonds. The van der Waals surface area contributed by atoms with Crippen LogP contribution in [0.2, 0.25) is 0 Å². The number of methoxy groups -OCH3 is 1. The number of hydrogen-bond donors (Lipinski definition) is 3. The number of rotatable bonds is 7. The Morgan fingerprint density at radius 3 is 2.74 bits per heavy atom. The Morgan fingerprint density at radius 2 is 1.91 bits per heavy atom. The highest BCUT2D eigenvalue weighted by atomic mass is 16.5. The molecular formula is C26H25N7O2. The molecule has 0 saturated carbocycles. The summed E-state index contributed by atoms with van der Waals surface area (Å²) in [4.78, 5) is 34.1. The molecule has 3 N–H and O–H groups in total. The molecule has 5 aromatic heterocycles. The van der Waals surface area contributed by atoms with Gasteiger partial charge in [-0.1, -0.05) is 6.08 Å². The van der Waals surface area contributed by atoms with Gasteiger partial charge in [0.05, 0.1) is 7.11 Å². The molecule has 35 heavy (non-hydrogen) atoms. The monoisotopic (exact) mass is 467 g/mol. The fourth-order valence-electron chi connectivity index (χ4n) is 3.96. The molecule has 5 aromatic rings. The number of H-pyrrole nitrogens is 2. The Labute approximate surface area is 201 Å². The first kappa shape index (κ1) is 22.3. The van der Waals surface area contributed by atoms with Crippen molar-refractivity contribution in [3.63, 3.8) is 0 Å². The maximum Gasteiger partial charge on any atom is 0.249 e. The summed E-state index contributed by atoms with van der Waals surface area (Å²) in [5.74, 6) is 0.539. The van der Waals surface area contributed by atoms with Crippen LogP contribution in [0.3, 0.4) is 0 Å². The number of ether oxygens (including phenoxy) is 1. The van der Waals surface area contributed by atoms with Gasteiger partial charge in [-0.2, -0.15) is 4.98 Å². The standard InChI is InChI=1S/C26H25N7O2/c1-33(2)10-4-5-23(34)31-22-12-16(13-24(32-22)35-3)17-11-20-21(15-30-26(20)29-14-17)18-6-8-27-25-19(18)7-9-28-25/h4-9,11-15H,10H2,1-3H3,(H,27,28)(H,29,30)(H,31,32,34). The van der Waals surface area contributed by atoms with Gasteiger partial charge in [0, 0.05) is 65.4 Å². The Kier molecular flexibility index (Phi) is 5.99. The van der Waals surface area contributed by atoms with E-state index < -0.39 is 0 Å². The summed E-state index contributed by atoms with van der Waals surface area (Å²) in [6.45, 7) is 0.668. The quantitative estimate of drug-likeness (QED) is 0.309. The molecule has 0 saturated heterocycles. The number of nitrogens with one attached hydrogen (secondary N) is 3. The van der Waals surface area contributed by atoms with Gasteiger partial charge in [-0.15, -0.1) is 0 Å². The maximum absolute atomic E-state index is 12.3. The summed E-state index contributed by atoms with van der Waals surface area (Å²) < 4.78 is 5.39. The smallest absolute Gasteiger partial charge is 0.249 e. The second-order valence-corrected chi connectivity index (χ2v) is 8.36. The van der Waals surface area contributed by atoms with Crippen molar-refractivity contribution in [1.82, 2.24) is 29.8 Å². The van der Waals surface area contributed by atoms with Crippen LogP contribution in [0.25, 0.3) is 44.3 Å². The molecule has 176 valence electrons. The molecule has 0 radical (unpaired) electrons. The first-order chi connectivity index (χ1) is 17.0. The van der Waals surface area contributed by atoms with Crippen LogP contribution in [0, 0.1) is 0 Å². The first-order valence-corrected chi connectivity index (χ1v) is 11.1. The lowest BCUT2D eigenvalue weighted by atomic mass is 10.0. The highest BCUT2D eigenvalue weighted by Crippen LogP contribution is 2.35. The van der Waals surface area contributed by atoms with Crippen LogP contribution >= 0.6 is 0 Å². The number of amides is 1. The van der Waals surface area contributed by atoms with Crippen molar-refractivity contribution in [1.29, 1.82) is 0 Å². The lowest BCUT2D eigenvalue weighted by Gasteiger charge is -2.09. The van der Waals surface area contributed by atoms with Crippen molar-refractivity contribution < 1.29 is 9.53 Å². The van der Waals surface area contributed by atoms with E-state index in [4.69, 9.17) is 4.74 Å². The molecule has 9 heteroatoms. The second kappa shape index (κ2) is 9.40. The lowest BCUT2D eigenvalue weighted by molar-refractivity contribution is -0.111. The maximum atomic E-state index is 12.3. The summed E-state index contributed by atoms with van der Waals surface area (Å²) in [6, 6.07) is 9.72. The van der Waals surface area contributed by atoms with Crippen LogP contribution in [0.1, 0.15) is 0 Å². The summed E-state index contributed by atoms with van der Waals surface area (Å²) in [7, 11) is 5.43. The highest BCUT2D eigenvalue weighted by molar-refractivity contribution is 6.03. The number of pyridine rings is 3. The number of hydrogen-bond acceptors (Lipinski definition) is 6. The van der Waals surface area contributed by atoms with E-state index in [1.807, 2.05) is 55.7 Å². The molecule has 0 aliphatic rings. The molecule has 0 bridgehead atoms. The van der Waals surface area contributed by atoms with E-state index in [1.165, 1.54) is 6.08 Å². The van der Waals surface area contributed by atoms with Gasteiger partial charge in [-0.3, -0.25) is 4.79 Å². The summed E-state index contributed by atoms with van der Waals surface area (Å²) in [5.41, 5.74) is 5.40. The fourth-order valence-corrected chi connectivity index (χ4v) is 3.96. The molecule has 0 spiro atoms. The average molecular weight is 468 g/mol.